The zero-order valence-corrected chi connectivity index (χ0v) is 5.36. The highest BCUT2D eigenvalue weighted by atomic mass is 19.4. The van der Waals surface area contributed by atoms with Gasteiger partial charge in [0.25, 0.3) is 0 Å². The third-order valence-electron chi connectivity index (χ3n) is 1.90. The number of aliphatic hydroxyl groups is 1. The Morgan fingerprint density at radius 2 is 1.80 bits per heavy atom. The molecular weight excluding hydrogens is 145 g/mol. The van der Waals surface area contributed by atoms with Crippen LogP contribution in [0.15, 0.2) is 0 Å². The second kappa shape index (κ2) is 2.42. The van der Waals surface area contributed by atoms with Crippen LogP contribution < -0.4 is 0 Å². The lowest BCUT2D eigenvalue weighted by Crippen LogP contribution is -2.29. The lowest BCUT2D eigenvalue weighted by atomic mass is 10.1. The van der Waals surface area contributed by atoms with Gasteiger partial charge < -0.3 is 5.11 Å². The fourth-order valence-electron chi connectivity index (χ4n) is 1.32. The van der Waals surface area contributed by atoms with Crippen molar-refractivity contribution in [1.82, 2.24) is 0 Å². The topological polar surface area (TPSA) is 20.2 Å². The molecule has 0 aromatic carbocycles. The first-order valence-corrected chi connectivity index (χ1v) is 3.26. The molecule has 2 atom stereocenters. The molecule has 4 heteroatoms. The van der Waals surface area contributed by atoms with Crippen molar-refractivity contribution < 1.29 is 18.3 Å². The monoisotopic (exact) mass is 154 g/mol. The van der Waals surface area contributed by atoms with E-state index in [0.29, 0.717) is 12.8 Å². The van der Waals surface area contributed by atoms with Crippen LogP contribution in [0.3, 0.4) is 0 Å². The van der Waals surface area contributed by atoms with Crippen molar-refractivity contribution in [1.29, 1.82) is 0 Å². The van der Waals surface area contributed by atoms with Crippen molar-refractivity contribution in [2.75, 3.05) is 0 Å². The normalized spacial score (nSPS) is 34.8. The Balaban J connectivity index is 2.55. The van der Waals surface area contributed by atoms with Crippen LogP contribution in [-0.2, 0) is 0 Å². The minimum absolute atomic E-state index is 0.0880. The van der Waals surface area contributed by atoms with Crippen LogP contribution in [0.2, 0.25) is 0 Å². The summed E-state index contributed by atoms with van der Waals surface area (Å²) in [4.78, 5) is 0. The van der Waals surface area contributed by atoms with E-state index < -0.39 is 18.2 Å². The highest BCUT2D eigenvalue weighted by molar-refractivity contribution is 4.81. The van der Waals surface area contributed by atoms with Crippen LogP contribution in [0.25, 0.3) is 0 Å². The summed E-state index contributed by atoms with van der Waals surface area (Å²) in [6, 6.07) is 0. The molecule has 0 aromatic rings. The fraction of sp³-hybridized carbons (Fsp3) is 1.00. The van der Waals surface area contributed by atoms with Crippen LogP contribution in [-0.4, -0.2) is 17.4 Å². The van der Waals surface area contributed by atoms with Crippen LogP contribution in [0, 0.1) is 5.92 Å². The van der Waals surface area contributed by atoms with Gasteiger partial charge in [-0.1, -0.05) is 6.42 Å². The van der Waals surface area contributed by atoms with E-state index in [1.165, 1.54) is 0 Å². The third-order valence-corrected chi connectivity index (χ3v) is 1.90. The summed E-state index contributed by atoms with van der Waals surface area (Å²) in [5.74, 6) is -1.47. The maximum atomic E-state index is 11.9. The average molecular weight is 154 g/mol. The molecule has 60 valence electrons. The molecule has 0 bridgehead atoms. The predicted octanol–water partition coefficient (Wildman–Crippen LogP) is 1.71. The molecule has 0 saturated heterocycles. The molecular formula is C6H9F3O. The van der Waals surface area contributed by atoms with Gasteiger partial charge in [-0.15, -0.1) is 0 Å². The minimum Gasteiger partial charge on any atom is -0.392 e. The zero-order valence-electron chi connectivity index (χ0n) is 5.36. The summed E-state index contributed by atoms with van der Waals surface area (Å²) in [6.45, 7) is 0. The van der Waals surface area contributed by atoms with Crippen molar-refractivity contribution in [3.8, 4) is 0 Å². The second-order valence-electron chi connectivity index (χ2n) is 2.65. The minimum atomic E-state index is -4.20. The molecule has 0 radical (unpaired) electrons. The Morgan fingerprint density at radius 1 is 1.20 bits per heavy atom. The van der Waals surface area contributed by atoms with Crippen molar-refractivity contribution in [2.45, 2.75) is 31.5 Å². The summed E-state index contributed by atoms with van der Waals surface area (Å²) < 4.78 is 35.6. The highest BCUT2D eigenvalue weighted by Gasteiger charge is 2.46. The summed E-state index contributed by atoms with van der Waals surface area (Å²) >= 11 is 0. The summed E-state index contributed by atoms with van der Waals surface area (Å²) in [6.07, 6.45) is -4.48. The first-order valence-electron chi connectivity index (χ1n) is 3.26. The Morgan fingerprint density at radius 3 is 2.00 bits per heavy atom. The van der Waals surface area contributed by atoms with Gasteiger partial charge in [-0.05, 0) is 12.8 Å². The van der Waals surface area contributed by atoms with E-state index in [1.807, 2.05) is 0 Å². The van der Waals surface area contributed by atoms with E-state index in [1.54, 1.807) is 0 Å². The van der Waals surface area contributed by atoms with E-state index >= 15 is 0 Å². The van der Waals surface area contributed by atoms with Gasteiger partial charge in [0.05, 0.1) is 12.0 Å². The molecule has 0 amide bonds. The summed E-state index contributed by atoms with van der Waals surface area (Å²) in [5.41, 5.74) is 0. The van der Waals surface area contributed by atoms with Crippen LogP contribution >= 0.6 is 0 Å². The van der Waals surface area contributed by atoms with Crippen molar-refractivity contribution in [3.05, 3.63) is 0 Å². The molecule has 10 heavy (non-hydrogen) atoms. The maximum Gasteiger partial charge on any atom is 0.394 e. The molecule has 1 fully saturated rings. The Kier molecular flexibility index (Phi) is 1.90. The summed E-state index contributed by atoms with van der Waals surface area (Å²) in [7, 11) is 0. The Bertz CT molecular complexity index is 121. The van der Waals surface area contributed by atoms with Crippen molar-refractivity contribution in [3.63, 3.8) is 0 Å². The average Bonchev–Trinajstić information content (AvgIpc) is 2.11. The first kappa shape index (κ1) is 7.85. The molecule has 1 saturated carbocycles. The highest BCUT2D eigenvalue weighted by Crippen LogP contribution is 2.38. The number of halogens is 3. The molecule has 0 aliphatic heterocycles. The van der Waals surface area contributed by atoms with Gasteiger partial charge in [0.15, 0.2) is 0 Å². The molecule has 1 aliphatic rings. The summed E-state index contributed by atoms with van der Waals surface area (Å²) in [5, 5.41) is 8.80. The van der Waals surface area contributed by atoms with E-state index in [-0.39, 0.29) is 6.42 Å². The molecule has 0 heterocycles. The zero-order chi connectivity index (χ0) is 7.78. The number of hydrogen-bond donors (Lipinski definition) is 1. The molecule has 1 rings (SSSR count). The lowest BCUT2D eigenvalue weighted by molar-refractivity contribution is -0.192. The van der Waals surface area contributed by atoms with Crippen LogP contribution in [0.4, 0.5) is 13.2 Å². The standard InChI is InChI=1S/C6H9F3O/c7-6(8,9)4-2-1-3-5(4)10/h4-5,10H,1-3H2/t4-,5-/m1/s1. The van der Waals surface area contributed by atoms with E-state index in [2.05, 4.69) is 0 Å². The van der Waals surface area contributed by atoms with Gasteiger partial charge in [-0.3, -0.25) is 0 Å². The molecule has 0 unspecified atom stereocenters. The molecule has 1 nitrogen and oxygen atoms in total. The van der Waals surface area contributed by atoms with Gasteiger partial charge >= 0.3 is 6.18 Å². The molecule has 0 aromatic heterocycles. The number of rotatable bonds is 0. The van der Waals surface area contributed by atoms with Gasteiger partial charge in [0, 0.05) is 0 Å². The quantitative estimate of drug-likeness (QED) is 0.563. The van der Waals surface area contributed by atoms with Gasteiger partial charge in [-0.25, -0.2) is 0 Å². The van der Waals surface area contributed by atoms with Crippen molar-refractivity contribution >= 4 is 0 Å². The largest absolute Gasteiger partial charge is 0.394 e. The van der Waals surface area contributed by atoms with Gasteiger partial charge in [0.1, 0.15) is 0 Å². The maximum absolute atomic E-state index is 11.9. The van der Waals surface area contributed by atoms with Gasteiger partial charge in [-0.2, -0.15) is 13.2 Å². The van der Waals surface area contributed by atoms with Crippen molar-refractivity contribution in [2.24, 2.45) is 5.92 Å². The second-order valence-corrected chi connectivity index (χ2v) is 2.65. The number of alkyl halides is 3. The van der Waals surface area contributed by atoms with E-state index in [0.717, 1.165) is 0 Å². The molecule has 1 N–H and O–H groups in total. The SMILES string of the molecule is O[C@@H]1CCC[C@H]1C(F)(F)F. The van der Waals surface area contributed by atoms with E-state index in [9.17, 15) is 13.2 Å². The Hall–Kier alpha value is -0.250. The number of aliphatic hydroxyl groups excluding tert-OH is 1. The Labute approximate surface area is 56.8 Å². The fourth-order valence-corrected chi connectivity index (χ4v) is 1.32. The number of hydrogen-bond acceptors (Lipinski definition) is 1. The molecule has 0 spiro atoms. The predicted molar refractivity (Wildman–Crippen MR) is 29.4 cm³/mol. The third kappa shape index (κ3) is 1.42. The van der Waals surface area contributed by atoms with E-state index in [4.69, 9.17) is 5.11 Å². The smallest absolute Gasteiger partial charge is 0.392 e. The molecule has 1 aliphatic carbocycles. The van der Waals surface area contributed by atoms with Crippen LogP contribution in [0.1, 0.15) is 19.3 Å². The lowest BCUT2D eigenvalue weighted by Gasteiger charge is -2.17. The first-order chi connectivity index (χ1) is 4.52. The van der Waals surface area contributed by atoms with Gasteiger partial charge in [0.2, 0.25) is 0 Å². The van der Waals surface area contributed by atoms with Crippen LogP contribution in [0.5, 0.6) is 0 Å².